The molecule has 0 radical (unpaired) electrons. The largest absolute Gasteiger partial charge is 0.322 e. The van der Waals surface area contributed by atoms with Gasteiger partial charge in [0.2, 0.25) is 0 Å². The molecule has 0 fully saturated rings. The van der Waals surface area contributed by atoms with Gasteiger partial charge in [-0.15, -0.1) is 11.6 Å². The van der Waals surface area contributed by atoms with Crippen molar-refractivity contribution in [3.8, 4) is 0 Å². The van der Waals surface area contributed by atoms with Crippen LogP contribution in [0.1, 0.15) is 27.9 Å². The minimum absolute atomic E-state index is 0.157. The van der Waals surface area contributed by atoms with Gasteiger partial charge in [0, 0.05) is 22.2 Å². The lowest BCUT2D eigenvalue weighted by Gasteiger charge is -2.08. The van der Waals surface area contributed by atoms with Crippen LogP contribution in [-0.2, 0) is 6.42 Å². The van der Waals surface area contributed by atoms with E-state index in [2.05, 4.69) is 5.32 Å². The summed E-state index contributed by atoms with van der Waals surface area (Å²) in [5.41, 5.74) is 3.47. The molecule has 2 nitrogen and oxygen atoms in total. The molecular weight excluding hydrogens is 305 g/mol. The van der Waals surface area contributed by atoms with Crippen molar-refractivity contribution in [3.63, 3.8) is 0 Å². The van der Waals surface area contributed by atoms with Crippen molar-refractivity contribution >= 4 is 34.8 Å². The Hall–Kier alpha value is -1.51. The lowest BCUT2D eigenvalue weighted by molar-refractivity contribution is 0.102. The molecule has 0 bridgehead atoms. The molecule has 0 aliphatic carbocycles. The Bertz CT molecular complexity index is 620. The molecule has 0 atom stereocenters. The number of benzene rings is 2. The number of amides is 1. The van der Waals surface area contributed by atoms with Gasteiger partial charge in [0.15, 0.2) is 0 Å². The van der Waals surface area contributed by atoms with Crippen LogP contribution in [0.2, 0.25) is 5.02 Å². The molecular formula is C17H17Cl2NO. The van der Waals surface area contributed by atoms with Crippen molar-refractivity contribution in [2.24, 2.45) is 0 Å². The maximum atomic E-state index is 12.3. The highest BCUT2D eigenvalue weighted by molar-refractivity contribution is 6.31. The molecule has 0 unspecified atom stereocenters. The molecule has 110 valence electrons. The number of hydrogen-bond donors (Lipinski definition) is 1. The third-order valence-electron chi connectivity index (χ3n) is 3.09. The summed E-state index contributed by atoms with van der Waals surface area (Å²) in [6.45, 7) is 1.91. The first-order chi connectivity index (χ1) is 10.1. The first kappa shape index (κ1) is 15.9. The fraction of sp³-hybridized carbons (Fsp3) is 0.235. The number of carbonyl (C=O) groups is 1. The fourth-order valence-electron chi connectivity index (χ4n) is 2.15. The zero-order valence-electron chi connectivity index (χ0n) is 11.8. The lowest BCUT2D eigenvalue weighted by atomic mass is 10.1. The maximum Gasteiger partial charge on any atom is 0.255 e. The normalized spacial score (nSPS) is 10.4. The van der Waals surface area contributed by atoms with Crippen LogP contribution >= 0.6 is 23.2 Å². The SMILES string of the molecule is Cc1cc(Cl)cc(C(=O)Nc2cccc(CCCCl)c2)c1. The molecule has 0 spiro atoms. The monoisotopic (exact) mass is 321 g/mol. The third-order valence-corrected chi connectivity index (χ3v) is 3.57. The number of anilines is 1. The zero-order valence-corrected chi connectivity index (χ0v) is 13.3. The average Bonchev–Trinajstić information content (AvgIpc) is 2.44. The molecule has 0 aliphatic rings. The predicted molar refractivity (Wildman–Crippen MR) is 89.6 cm³/mol. The number of alkyl halides is 1. The van der Waals surface area contributed by atoms with Crippen molar-refractivity contribution in [2.45, 2.75) is 19.8 Å². The highest BCUT2D eigenvalue weighted by Gasteiger charge is 2.08. The molecule has 4 heteroatoms. The summed E-state index contributed by atoms with van der Waals surface area (Å²) in [5.74, 6) is 0.480. The molecule has 2 aromatic carbocycles. The summed E-state index contributed by atoms with van der Waals surface area (Å²) >= 11 is 11.7. The number of hydrogen-bond acceptors (Lipinski definition) is 1. The second kappa shape index (κ2) is 7.48. The first-order valence-electron chi connectivity index (χ1n) is 6.82. The Kier molecular flexibility index (Phi) is 5.66. The quantitative estimate of drug-likeness (QED) is 0.765. The molecule has 0 aromatic heterocycles. The van der Waals surface area contributed by atoms with Crippen LogP contribution in [0.4, 0.5) is 5.69 Å². The van der Waals surface area contributed by atoms with Crippen molar-refractivity contribution in [1.82, 2.24) is 0 Å². The van der Waals surface area contributed by atoms with E-state index in [-0.39, 0.29) is 5.91 Å². The van der Waals surface area contributed by atoms with Gasteiger partial charge < -0.3 is 5.32 Å². The predicted octanol–water partition coefficient (Wildman–Crippen LogP) is 5.07. The van der Waals surface area contributed by atoms with Crippen molar-refractivity contribution in [1.29, 1.82) is 0 Å². The number of nitrogens with one attached hydrogen (secondary N) is 1. The van der Waals surface area contributed by atoms with E-state index < -0.39 is 0 Å². The van der Waals surface area contributed by atoms with Crippen molar-refractivity contribution in [3.05, 3.63) is 64.2 Å². The van der Waals surface area contributed by atoms with Crippen LogP contribution in [0.3, 0.4) is 0 Å². The van der Waals surface area contributed by atoms with Crippen LogP contribution in [0, 0.1) is 6.92 Å². The molecule has 21 heavy (non-hydrogen) atoms. The summed E-state index contributed by atoms with van der Waals surface area (Å²) in [6.07, 6.45) is 1.83. The van der Waals surface area contributed by atoms with Gasteiger partial charge in [-0.3, -0.25) is 4.79 Å². The van der Waals surface area contributed by atoms with E-state index in [1.807, 2.05) is 43.3 Å². The summed E-state index contributed by atoms with van der Waals surface area (Å²) in [4.78, 5) is 12.3. The average molecular weight is 322 g/mol. The molecule has 2 aromatic rings. The summed E-state index contributed by atoms with van der Waals surface area (Å²) in [7, 11) is 0. The molecule has 0 heterocycles. The molecule has 0 saturated heterocycles. The molecule has 2 rings (SSSR count). The Morgan fingerprint density at radius 3 is 2.71 bits per heavy atom. The van der Waals surface area contributed by atoms with Crippen LogP contribution in [0.25, 0.3) is 0 Å². The minimum Gasteiger partial charge on any atom is -0.322 e. The standard InChI is InChI=1S/C17H17Cl2NO/c1-12-8-14(11-15(19)9-12)17(21)20-16-6-2-4-13(10-16)5-3-7-18/h2,4,6,8-11H,3,5,7H2,1H3,(H,20,21). The second-order valence-corrected chi connectivity index (χ2v) is 5.78. The van der Waals surface area contributed by atoms with E-state index in [1.165, 1.54) is 0 Å². The molecule has 1 amide bonds. The van der Waals surface area contributed by atoms with Gasteiger partial charge in [-0.05, 0) is 61.2 Å². The van der Waals surface area contributed by atoms with Gasteiger partial charge in [0.1, 0.15) is 0 Å². The van der Waals surface area contributed by atoms with E-state index >= 15 is 0 Å². The minimum atomic E-state index is -0.157. The summed E-state index contributed by atoms with van der Waals surface area (Å²) in [5, 5.41) is 3.46. The number of rotatable bonds is 5. The van der Waals surface area contributed by atoms with Gasteiger partial charge in [-0.1, -0.05) is 23.7 Å². The van der Waals surface area contributed by atoms with Crippen LogP contribution in [0.15, 0.2) is 42.5 Å². The van der Waals surface area contributed by atoms with Gasteiger partial charge in [-0.2, -0.15) is 0 Å². The molecule has 0 aliphatic heterocycles. The summed E-state index contributed by atoms with van der Waals surface area (Å²) in [6, 6.07) is 13.1. The highest BCUT2D eigenvalue weighted by Crippen LogP contribution is 2.17. The van der Waals surface area contributed by atoms with Gasteiger partial charge in [-0.25, -0.2) is 0 Å². The number of aryl methyl sites for hydroxylation is 2. The Morgan fingerprint density at radius 2 is 2.00 bits per heavy atom. The van der Waals surface area contributed by atoms with E-state index in [9.17, 15) is 4.79 Å². The second-order valence-electron chi connectivity index (χ2n) is 4.96. The number of halogens is 2. The Balaban J connectivity index is 2.11. The van der Waals surface area contributed by atoms with Crippen LogP contribution < -0.4 is 5.32 Å². The topological polar surface area (TPSA) is 29.1 Å². The molecule has 1 N–H and O–H groups in total. The van der Waals surface area contributed by atoms with Gasteiger partial charge in [0.25, 0.3) is 5.91 Å². The van der Waals surface area contributed by atoms with E-state index in [1.54, 1.807) is 6.07 Å². The van der Waals surface area contributed by atoms with Crippen molar-refractivity contribution < 1.29 is 4.79 Å². The Labute approximate surface area is 135 Å². The first-order valence-corrected chi connectivity index (χ1v) is 7.73. The van der Waals surface area contributed by atoms with E-state index in [4.69, 9.17) is 23.2 Å². The van der Waals surface area contributed by atoms with E-state index in [0.29, 0.717) is 16.5 Å². The third kappa shape index (κ3) is 4.76. The van der Waals surface area contributed by atoms with Crippen LogP contribution in [-0.4, -0.2) is 11.8 Å². The Morgan fingerprint density at radius 1 is 1.19 bits per heavy atom. The van der Waals surface area contributed by atoms with Crippen LogP contribution in [0.5, 0.6) is 0 Å². The highest BCUT2D eigenvalue weighted by atomic mass is 35.5. The number of carbonyl (C=O) groups excluding carboxylic acids is 1. The van der Waals surface area contributed by atoms with Crippen molar-refractivity contribution in [2.75, 3.05) is 11.2 Å². The lowest BCUT2D eigenvalue weighted by Crippen LogP contribution is -2.12. The zero-order chi connectivity index (χ0) is 15.2. The van der Waals surface area contributed by atoms with Gasteiger partial charge in [0.05, 0.1) is 0 Å². The van der Waals surface area contributed by atoms with E-state index in [0.717, 1.165) is 29.7 Å². The fourth-order valence-corrected chi connectivity index (χ4v) is 2.57. The smallest absolute Gasteiger partial charge is 0.255 e. The maximum absolute atomic E-state index is 12.3. The summed E-state index contributed by atoms with van der Waals surface area (Å²) < 4.78 is 0. The van der Waals surface area contributed by atoms with Gasteiger partial charge >= 0.3 is 0 Å². The molecule has 0 saturated carbocycles.